The fourth-order valence-electron chi connectivity index (χ4n) is 2.83. The van der Waals surface area contributed by atoms with E-state index in [0.717, 1.165) is 12.8 Å². The van der Waals surface area contributed by atoms with Crippen molar-refractivity contribution >= 4 is 12.2 Å². The number of likely N-dealkylation sites (tertiary alicyclic amines) is 1. The van der Waals surface area contributed by atoms with E-state index in [0.29, 0.717) is 19.0 Å². The van der Waals surface area contributed by atoms with Gasteiger partial charge in [0.15, 0.2) is 0 Å². The maximum Gasteiger partial charge on any atom is 0.409 e. The van der Waals surface area contributed by atoms with Crippen molar-refractivity contribution in [2.24, 2.45) is 11.3 Å². The number of ether oxygens (including phenoxy) is 2. The van der Waals surface area contributed by atoms with E-state index in [9.17, 15) is 9.59 Å². The van der Waals surface area contributed by atoms with Gasteiger partial charge in [-0.25, -0.2) is 9.59 Å². The van der Waals surface area contributed by atoms with Crippen molar-refractivity contribution in [1.29, 1.82) is 0 Å². The lowest BCUT2D eigenvalue weighted by Crippen LogP contribution is -2.53. The Bertz CT molecular complexity index is 352. The van der Waals surface area contributed by atoms with Crippen LogP contribution in [0.4, 0.5) is 9.59 Å². The van der Waals surface area contributed by atoms with E-state index >= 15 is 0 Å². The topological polar surface area (TPSA) is 67.9 Å². The third-order valence-corrected chi connectivity index (χ3v) is 3.38. The summed E-state index contributed by atoms with van der Waals surface area (Å²) in [6, 6.07) is -0.0948. The minimum absolute atomic E-state index is 0.0948. The van der Waals surface area contributed by atoms with Gasteiger partial charge in [-0.2, -0.15) is 0 Å². The van der Waals surface area contributed by atoms with Crippen LogP contribution in [-0.4, -0.2) is 50.4 Å². The van der Waals surface area contributed by atoms with Crippen LogP contribution in [0.15, 0.2) is 0 Å². The fourth-order valence-corrected chi connectivity index (χ4v) is 2.83. The van der Waals surface area contributed by atoms with Gasteiger partial charge in [0.05, 0.1) is 20.3 Å². The summed E-state index contributed by atoms with van der Waals surface area (Å²) >= 11 is 0. The van der Waals surface area contributed by atoms with Gasteiger partial charge in [-0.05, 0) is 24.2 Å². The largest absolute Gasteiger partial charge is 0.453 e. The third-order valence-electron chi connectivity index (χ3n) is 3.38. The Hall–Kier alpha value is -1.46. The molecule has 6 heteroatoms. The SMILES string of the molecule is COC(=O)NC1CC(CC(C)(C)C)CN(C(=O)OC)C1. The Morgan fingerprint density at radius 3 is 2.35 bits per heavy atom. The summed E-state index contributed by atoms with van der Waals surface area (Å²) in [6.07, 6.45) is 1.02. The average Bonchev–Trinajstić information content (AvgIpc) is 2.35. The predicted octanol–water partition coefficient (Wildman–Crippen LogP) is 2.24. The molecule has 20 heavy (non-hydrogen) atoms. The molecule has 1 heterocycles. The molecule has 0 aromatic carbocycles. The summed E-state index contributed by atoms with van der Waals surface area (Å²) in [5.74, 6) is 0.338. The fraction of sp³-hybridized carbons (Fsp3) is 0.857. The first-order valence-electron chi connectivity index (χ1n) is 6.92. The standard InChI is InChI=1S/C14H26N2O4/c1-14(2,3)7-10-6-11(15-12(17)19-4)9-16(8-10)13(18)20-5/h10-11H,6-9H2,1-5H3,(H,15,17). The van der Waals surface area contributed by atoms with Crippen molar-refractivity contribution in [3.63, 3.8) is 0 Å². The Morgan fingerprint density at radius 2 is 1.85 bits per heavy atom. The van der Waals surface area contributed by atoms with Crippen LogP contribution in [0, 0.1) is 11.3 Å². The highest BCUT2D eigenvalue weighted by Gasteiger charge is 2.33. The molecule has 0 aromatic rings. The van der Waals surface area contributed by atoms with E-state index in [1.54, 1.807) is 4.90 Å². The molecule has 0 aromatic heterocycles. The molecule has 1 aliphatic heterocycles. The van der Waals surface area contributed by atoms with Crippen molar-refractivity contribution in [1.82, 2.24) is 10.2 Å². The van der Waals surface area contributed by atoms with Crippen molar-refractivity contribution < 1.29 is 19.1 Å². The zero-order chi connectivity index (χ0) is 15.3. The maximum atomic E-state index is 11.7. The number of alkyl carbamates (subject to hydrolysis) is 1. The summed E-state index contributed by atoms with van der Waals surface area (Å²) in [5.41, 5.74) is 0.180. The van der Waals surface area contributed by atoms with Gasteiger partial charge in [0.25, 0.3) is 0 Å². The minimum Gasteiger partial charge on any atom is -0.453 e. The lowest BCUT2D eigenvalue weighted by atomic mass is 9.80. The number of carbonyl (C=O) groups is 2. The van der Waals surface area contributed by atoms with Gasteiger partial charge in [-0.1, -0.05) is 20.8 Å². The van der Waals surface area contributed by atoms with Gasteiger partial charge in [0, 0.05) is 13.1 Å². The Balaban J connectivity index is 2.71. The Kier molecular flexibility index (Phi) is 5.65. The number of hydrogen-bond donors (Lipinski definition) is 1. The van der Waals surface area contributed by atoms with Crippen molar-refractivity contribution in [2.45, 2.75) is 39.7 Å². The van der Waals surface area contributed by atoms with Crippen LogP contribution in [0.3, 0.4) is 0 Å². The average molecular weight is 286 g/mol. The Morgan fingerprint density at radius 1 is 1.20 bits per heavy atom. The summed E-state index contributed by atoms with van der Waals surface area (Å²) < 4.78 is 9.42. The van der Waals surface area contributed by atoms with Crippen LogP contribution in [0.1, 0.15) is 33.6 Å². The molecule has 0 spiro atoms. The van der Waals surface area contributed by atoms with E-state index in [2.05, 4.69) is 30.8 Å². The van der Waals surface area contributed by atoms with E-state index in [-0.39, 0.29) is 17.6 Å². The number of methoxy groups -OCH3 is 2. The van der Waals surface area contributed by atoms with E-state index < -0.39 is 6.09 Å². The van der Waals surface area contributed by atoms with Crippen LogP contribution in [0.2, 0.25) is 0 Å². The first-order chi connectivity index (χ1) is 9.25. The second kappa shape index (κ2) is 6.81. The molecule has 1 N–H and O–H groups in total. The molecule has 1 fully saturated rings. The minimum atomic E-state index is -0.462. The Labute approximate surface area is 120 Å². The zero-order valence-electron chi connectivity index (χ0n) is 13.1. The molecule has 2 unspecified atom stereocenters. The molecule has 0 aliphatic carbocycles. The lowest BCUT2D eigenvalue weighted by Gasteiger charge is -2.39. The molecular formula is C14H26N2O4. The van der Waals surface area contributed by atoms with Crippen LogP contribution < -0.4 is 5.32 Å². The molecule has 0 bridgehead atoms. The summed E-state index contributed by atoms with van der Waals surface area (Å²) in [6.45, 7) is 7.65. The summed E-state index contributed by atoms with van der Waals surface area (Å²) in [4.78, 5) is 24.7. The number of carbonyl (C=O) groups excluding carboxylic acids is 2. The van der Waals surface area contributed by atoms with Crippen molar-refractivity contribution in [2.75, 3.05) is 27.3 Å². The molecule has 2 atom stereocenters. The monoisotopic (exact) mass is 286 g/mol. The smallest absolute Gasteiger partial charge is 0.409 e. The van der Waals surface area contributed by atoms with Gasteiger partial charge in [0.1, 0.15) is 0 Å². The normalized spacial score (nSPS) is 23.1. The van der Waals surface area contributed by atoms with Crippen LogP contribution in [0.25, 0.3) is 0 Å². The molecule has 0 radical (unpaired) electrons. The van der Waals surface area contributed by atoms with Crippen LogP contribution >= 0.6 is 0 Å². The highest BCUT2D eigenvalue weighted by atomic mass is 16.5. The van der Waals surface area contributed by atoms with Gasteiger partial charge in [-0.3, -0.25) is 0 Å². The molecular weight excluding hydrogens is 260 g/mol. The molecule has 6 nitrogen and oxygen atoms in total. The molecule has 116 valence electrons. The van der Waals surface area contributed by atoms with E-state index in [1.807, 2.05) is 0 Å². The maximum absolute atomic E-state index is 11.7. The van der Waals surface area contributed by atoms with Crippen LogP contribution in [0.5, 0.6) is 0 Å². The number of hydrogen-bond acceptors (Lipinski definition) is 4. The second-order valence-corrected chi connectivity index (χ2v) is 6.57. The van der Waals surface area contributed by atoms with Gasteiger partial charge in [0.2, 0.25) is 0 Å². The first kappa shape index (κ1) is 16.6. The zero-order valence-corrected chi connectivity index (χ0v) is 13.1. The number of nitrogens with one attached hydrogen (secondary N) is 1. The lowest BCUT2D eigenvalue weighted by molar-refractivity contribution is 0.0787. The molecule has 1 aliphatic rings. The second-order valence-electron chi connectivity index (χ2n) is 6.57. The molecule has 2 amide bonds. The van der Waals surface area contributed by atoms with E-state index in [4.69, 9.17) is 4.74 Å². The number of rotatable bonds is 2. The number of nitrogens with zero attached hydrogens (tertiary/aromatic N) is 1. The van der Waals surface area contributed by atoms with Gasteiger partial charge < -0.3 is 19.7 Å². The number of piperidine rings is 1. The molecule has 1 saturated heterocycles. The highest BCUT2D eigenvalue weighted by Crippen LogP contribution is 2.30. The first-order valence-corrected chi connectivity index (χ1v) is 6.92. The van der Waals surface area contributed by atoms with Crippen molar-refractivity contribution in [3.8, 4) is 0 Å². The predicted molar refractivity (Wildman–Crippen MR) is 75.5 cm³/mol. The number of amides is 2. The molecule has 0 saturated carbocycles. The van der Waals surface area contributed by atoms with Crippen molar-refractivity contribution in [3.05, 3.63) is 0 Å². The van der Waals surface area contributed by atoms with Crippen LogP contribution in [-0.2, 0) is 9.47 Å². The quantitative estimate of drug-likeness (QED) is 0.845. The van der Waals surface area contributed by atoms with Gasteiger partial charge in [-0.15, -0.1) is 0 Å². The summed E-state index contributed by atoms with van der Waals surface area (Å²) in [5, 5.41) is 2.78. The summed E-state index contributed by atoms with van der Waals surface area (Å²) in [7, 11) is 2.71. The third kappa shape index (κ3) is 5.27. The molecule has 1 rings (SSSR count). The highest BCUT2D eigenvalue weighted by molar-refractivity contribution is 5.69. The van der Waals surface area contributed by atoms with E-state index in [1.165, 1.54) is 14.2 Å². The van der Waals surface area contributed by atoms with Gasteiger partial charge >= 0.3 is 12.2 Å².